The van der Waals surface area contributed by atoms with Crippen molar-refractivity contribution < 1.29 is 14.3 Å². The van der Waals surface area contributed by atoms with Crippen LogP contribution in [0.15, 0.2) is 72.9 Å². The molecule has 2 heterocycles. The molecular weight excluding hydrogens is 488 g/mol. The van der Waals surface area contributed by atoms with Crippen LogP contribution in [0.25, 0.3) is 0 Å². The number of carbonyl (C=O) groups is 2. The van der Waals surface area contributed by atoms with Gasteiger partial charge in [0.1, 0.15) is 11.3 Å². The van der Waals surface area contributed by atoms with E-state index in [0.717, 1.165) is 11.4 Å². The summed E-state index contributed by atoms with van der Waals surface area (Å²) in [4.78, 5) is 32.6. The SMILES string of the molecule is C[C@H](CC(=O)N1CC[C@H](c2ccc(Cl)cc2)C(C)(C)C1)N(N)C(=O)c1cccnc1Oc1ccccc1. The van der Waals surface area contributed by atoms with Gasteiger partial charge in [0.05, 0.1) is 6.04 Å². The molecule has 1 aliphatic heterocycles. The molecule has 3 aromatic rings. The zero-order valence-electron chi connectivity index (χ0n) is 21.4. The highest BCUT2D eigenvalue weighted by atomic mass is 35.5. The van der Waals surface area contributed by atoms with Gasteiger partial charge in [-0.2, -0.15) is 0 Å². The average Bonchev–Trinajstić information content (AvgIpc) is 2.89. The molecule has 0 radical (unpaired) electrons. The number of aromatic nitrogens is 1. The van der Waals surface area contributed by atoms with E-state index in [2.05, 4.69) is 31.0 Å². The number of amides is 2. The molecule has 1 fully saturated rings. The van der Waals surface area contributed by atoms with Gasteiger partial charge in [-0.1, -0.05) is 55.8 Å². The molecule has 1 aliphatic rings. The highest BCUT2D eigenvalue weighted by Crippen LogP contribution is 2.42. The number of nitrogens with zero attached hydrogens (tertiary/aromatic N) is 3. The summed E-state index contributed by atoms with van der Waals surface area (Å²) < 4.78 is 5.82. The molecule has 2 N–H and O–H groups in total. The normalized spacial score (nSPS) is 17.6. The summed E-state index contributed by atoms with van der Waals surface area (Å²) in [5, 5.41) is 1.81. The van der Waals surface area contributed by atoms with Crippen LogP contribution in [0, 0.1) is 5.41 Å². The van der Waals surface area contributed by atoms with Gasteiger partial charge in [-0.3, -0.25) is 14.6 Å². The van der Waals surface area contributed by atoms with Crippen LogP contribution in [-0.4, -0.2) is 45.8 Å². The molecule has 7 nitrogen and oxygen atoms in total. The summed E-state index contributed by atoms with van der Waals surface area (Å²) in [6.45, 7) is 7.42. The molecule has 2 atom stereocenters. The molecule has 0 aliphatic carbocycles. The quantitative estimate of drug-likeness (QED) is 0.246. The minimum absolute atomic E-state index is 0.0228. The number of hydrogen-bond donors (Lipinski definition) is 1. The molecule has 2 aromatic carbocycles. The number of hydrazine groups is 1. The summed E-state index contributed by atoms with van der Waals surface area (Å²) in [7, 11) is 0. The van der Waals surface area contributed by atoms with E-state index in [4.69, 9.17) is 22.2 Å². The van der Waals surface area contributed by atoms with Crippen LogP contribution in [0.4, 0.5) is 0 Å². The van der Waals surface area contributed by atoms with E-state index in [-0.39, 0.29) is 29.2 Å². The Morgan fingerprint density at radius 3 is 2.51 bits per heavy atom. The average molecular weight is 521 g/mol. The first kappa shape index (κ1) is 26.6. The molecule has 8 heteroatoms. The summed E-state index contributed by atoms with van der Waals surface area (Å²) in [5.41, 5.74) is 1.36. The number of halogens is 1. The Kier molecular flexibility index (Phi) is 8.15. The van der Waals surface area contributed by atoms with Crippen LogP contribution in [-0.2, 0) is 4.79 Å². The number of hydrogen-bond acceptors (Lipinski definition) is 5. The fraction of sp³-hybridized carbons (Fsp3) is 0.345. The fourth-order valence-corrected chi connectivity index (χ4v) is 5.06. The maximum Gasteiger partial charge on any atom is 0.273 e. The molecule has 1 aromatic heterocycles. The summed E-state index contributed by atoms with van der Waals surface area (Å²) in [5.74, 6) is 6.79. The van der Waals surface area contributed by atoms with Gasteiger partial charge in [-0.25, -0.2) is 10.8 Å². The number of likely N-dealkylation sites (tertiary alicyclic amines) is 1. The molecule has 4 rings (SSSR count). The minimum atomic E-state index is -0.512. The van der Waals surface area contributed by atoms with Crippen molar-refractivity contribution in [1.29, 1.82) is 0 Å². The predicted octanol–water partition coefficient (Wildman–Crippen LogP) is 5.66. The highest BCUT2D eigenvalue weighted by Gasteiger charge is 2.38. The smallest absolute Gasteiger partial charge is 0.273 e. The van der Waals surface area contributed by atoms with Gasteiger partial charge >= 0.3 is 0 Å². The zero-order chi connectivity index (χ0) is 26.6. The van der Waals surface area contributed by atoms with E-state index in [1.807, 2.05) is 35.2 Å². The van der Waals surface area contributed by atoms with Crippen molar-refractivity contribution in [3.63, 3.8) is 0 Å². The molecule has 0 saturated carbocycles. The number of para-hydroxylation sites is 1. The maximum atomic E-state index is 13.2. The van der Waals surface area contributed by atoms with Gasteiger partial charge in [0.25, 0.3) is 5.91 Å². The van der Waals surface area contributed by atoms with Gasteiger partial charge in [0.15, 0.2) is 0 Å². The van der Waals surface area contributed by atoms with Gasteiger partial charge in [-0.15, -0.1) is 0 Å². The van der Waals surface area contributed by atoms with Crippen molar-refractivity contribution in [2.75, 3.05) is 13.1 Å². The van der Waals surface area contributed by atoms with Gasteiger partial charge < -0.3 is 9.64 Å². The number of nitrogens with two attached hydrogens (primary N) is 1. The zero-order valence-corrected chi connectivity index (χ0v) is 22.2. The van der Waals surface area contributed by atoms with Crippen molar-refractivity contribution in [3.05, 3.63) is 89.1 Å². The number of carbonyl (C=O) groups excluding carboxylic acids is 2. The Balaban J connectivity index is 1.39. The summed E-state index contributed by atoms with van der Waals surface area (Å²) in [6, 6.07) is 19.8. The first-order valence-corrected chi connectivity index (χ1v) is 12.8. The van der Waals surface area contributed by atoms with Crippen LogP contribution in [0.2, 0.25) is 5.02 Å². The van der Waals surface area contributed by atoms with E-state index < -0.39 is 11.9 Å². The second-order valence-electron chi connectivity index (χ2n) is 10.2. The fourth-order valence-electron chi connectivity index (χ4n) is 4.94. The van der Waals surface area contributed by atoms with Gasteiger partial charge in [0.2, 0.25) is 11.8 Å². The van der Waals surface area contributed by atoms with Crippen molar-refractivity contribution in [1.82, 2.24) is 14.9 Å². The van der Waals surface area contributed by atoms with Gasteiger partial charge in [0, 0.05) is 30.7 Å². The van der Waals surface area contributed by atoms with Crippen LogP contribution in [0.5, 0.6) is 11.6 Å². The predicted molar refractivity (Wildman–Crippen MR) is 144 cm³/mol. The van der Waals surface area contributed by atoms with E-state index >= 15 is 0 Å². The minimum Gasteiger partial charge on any atom is -0.438 e. The third-order valence-electron chi connectivity index (χ3n) is 6.99. The Morgan fingerprint density at radius 1 is 1.14 bits per heavy atom. The van der Waals surface area contributed by atoms with Crippen molar-refractivity contribution >= 4 is 23.4 Å². The number of ether oxygens (including phenoxy) is 1. The topological polar surface area (TPSA) is 88.8 Å². The molecule has 0 unspecified atom stereocenters. The van der Waals surface area contributed by atoms with Crippen LogP contribution >= 0.6 is 11.6 Å². The standard InChI is InChI=1S/C29H33ClN4O3/c1-20(34(31)28(36)24-10-7-16-32-27(24)37-23-8-5-4-6-9-23)18-26(35)33-17-15-25(29(2,3)19-33)21-11-13-22(30)14-12-21/h4-14,16,20,25H,15,17-19,31H2,1-3H3/t20-,25-/m1/s1. The number of benzene rings is 2. The van der Waals surface area contributed by atoms with E-state index in [9.17, 15) is 9.59 Å². The molecule has 1 saturated heterocycles. The Morgan fingerprint density at radius 2 is 1.84 bits per heavy atom. The Bertz CT molecular complexity index is 1230. The second kappa shape index (κ2) is 11.3. The first-order chi connectivity index (χ1) is 17.7. The van der Waals surface area contributed by atoms with Crippen molar-refractivity contribution in [2.45, 2.75) is 45.6 Å². The Hall–Kier alpha value is -3.42. The highest BCUT2D eigenvalue weighted by molar-refractivity contribution is 6.30. The molecule has 2 amide bonds. The largest absolute Gasteiger partial charge is 0.438 e. The maximum absolute atomic E-state index is 13.2. The van der Waals surface area contributed by atoms with Crippen LogP contribution in [0.1, 0.15) is 55.5 Å². The van der Waals surface area contributed by atoms with E-state index in [1.54, 1.807) is 37.4 Å². The molecule has 0 spiro atoms. The lowest BCUT2D eigenvalue weighted by molar-refractivity contribution is -0.135. The summed E-state index contributed by atoms with van der Waals surface area (Å²) in [6.07, 6.45) is 2.53. The van der Waals surface area contributed by atoms with Crippen LogP contribution < -0.4 is 10.6 Å². The summed E-state index contributed by atoms with van der Waals surface area (Å²) >= 11 is 6.07. The monoisotopic (exact) mass is 520 g/mol. The third-order valence-corrected chi connectivity index (χ3v) is 7.25. The van der Waals surface area contributed by atoms with Crippen molar-refractivity contribution in [3.8, 4) is 11.6 Å². The van der Waals surface area contributed by atoms with Crippen LogP contribution in [0.3, 0.4) is 0 Å². The number of piperidine rings is 1. The van der Waals surface area contributed by atoms with E-state index in [1.165, 1.54) is 5.56 Å². The second-order valence-corrected chi connectivity index (χ2v) is 10.7. The third kappa shape index (κ3) is 6.29. The van der Waals surface area contributed by atoms with Crippen molar-refractivity contribution in [2.24, 2.45) is 11.3 Å². The lowest BCUT2D eigenvalue weighted by Gasteiger charge is -2.45. The molecule has 194 valence electrons. The molecule has 37 heavy (non-hydrogen) atoms. The number of pyridine rings is 1. The van der Waals surface area contributed by atoms with E-state index in [0.29, 0.717) is 29.8 Å². The molecule has 0 bridgehead atoms. The van der Waals surface area contributed by atoms with Gasteiger partial charge in [-0.05, 0) is 66.6 Å². The molecular formula is C29H33ClN4O3. The number of rotatable bonds is 7. The lowest BCUT2D eigenvalue weighted by atomic mass is 9.70. The first-order valence-electron chi connectivity index (χ1n) is 12.4. The lowest BCUT2D eigenvalue weighted by Crippen LogP contribution is -2.50. The Labute approximate surface area is 223 Å².